The average molecular weight is 582 g/mol. The predicted molar refractivity (Wildman–Crippen MR) is 157 cm³/mol. The zero-order valence-electron chi connectivity index (χ0n) is 24.2. The van der Waals surface area contributed by atoms with Gasteiger partial charge >= 0.3 is 0 Å². The number of nitrogens with zero attached hydrogens (tertiary/aromatic N) is 2. The molecule has 42 heavy (non-hydrogen) atoms. The van der Waals surface area contributed by atoms with Crippen molar-refractivity contribution in [1.29, 1.82) is 0 Å². The third-order valence-electron chi connectivity index (χ3n) is 7.23. The minimum absolute atomic E-state index is 0.00908. The summed E-state index contributed by atoms with van der Waals surface area (Å²) in [6.45, 7) is 5.24. The van der Waals surface area contributed by atoms with Crippen molar-refractivity contribution in [1.82, 2.24) is 9.36 Å². The molecule has 0 bridgehead atoms. The van der Waals surface area contributed by atoms with Gasteiger partial charge in [-0.15, -0.1) is 0 Å². The van der Waals surface area contributed by atoms with Crippen LogP contribution >= 0.6 is 0 Å². The molecule has 1 amide bonds. The van der Waals surface area contributed by atoms with Crippen LogP contribution in [0.25, 0.3) is 5.69 Å². The molecule has 1 aromatic heterocycles. The number of phenolic OH excluding ortho intramolecular Hbond substituents is 1. The van der Waals surface area contributed by atoms with Gasteiger partial charge in [-0.3, -0.25) is 14.3 Å². The fourth-order valence-corrected chi connectivity index (χ4v) is 5.11. The fraction of sp³-hybridized carbons (Fsp3) is 0.419. The lowest BCUT2D eigenvalue weighted by atomic mass is 9.81. The van der Waals surface area contributed by atoms with E-state index in [0.717, 1.165) is 11.4 Å². The molecule has 0 aliphatic carbocycles. The van der Waals surface area contributed by atoms with Gasteiger partial charge in [0.25, 0.3) is 11.5 Å². The Morgan fingerprint density at radius 2 is 1.71 bits per heavy atom. The second-order valence-electron chi connectivity index (χ2n) is 9.85. The number of phenols is 1. The topological polar surface area (TPSA) is 133 Å². The van der Waals surface area contributed by atoms with Crippen molar-refractivity contribution in [3.05, 3.63) is 88.0 Å². The molecule has 0 saturated heterocycles. The minimum atomic E-state index is -0.839. The molecule has 3 N–H and O–H groups in total. The van der Waals surface area contributed by atoms with Crippen LogP contribution in [0.15, 0.2) is 71.2 Å². The molecule has 0 fully saturated rings. The van der Waals surface area contributed by atoms with Crippen molar-refractivity contribution in [2.75, 3.05) is 45.0 Å². The number of aromatic nitrogens is 2. The summed E-state index contributed by atoms with van der Waals surface area (Å²) in [6.07, 6.45) is 1.30. The van der Waals surface area contributed by atoms with Crippen LogP contribution in [0.3, 0.4) is 0 Å². The number of carbonyl (C=O) groups excluding carboxylic acids is 1. The van der Waals surface area contributed by atoms with Crippen molar-refractivity contribution in [3.8, 4) is 11.4 Å². The first-order chi connectivity index (χ1) is 20.4. The molecule has 0 spiro atoms. The largest absolute Gasteiger partial charge is 0.506 e. The summed E-state index contributed by atoms with van der Waals surface area (Å²) in [6, 6.07) is 15.8. The number of benzene rings is 2. The molecular weight excluding hydrogens is 542 g/mol. The lowest BCUT2D eigenvalue weighted by molar-refractivity contribution is -0.166. The van der Waals surface area contributed by atoms with Crippen molar-refractivity contribution >= 4 is 11.6 Å². The fourth-order valence-electron chi connectivity index (χ4n) is 5.11. The van der Waals surface area contributed by atoms with Gasteiger partial charge in [-0.2, -0.15) is 0 Å². The Bertz CT molecular complexity index is 1420. The molecule has 11 heteroatoms. The number of aliphatic hydroxyl groups excluding tert-OH is 1. The average Bonchev–Trinajstić information content (AvgIpc) is 3.21. The lowest BCUT2D eigenvalue weighted by Crippen LogP contribution is -2.39. The Hall–Kier alpha value is -3.90. The van der Waals surface area contributed by atoms with Crippen LogP contribution in [0.4, 0.5) is 5.69 Å². The number of carbonyl (C=O) groups is 1. The number of aromatic hydroxyl groups is 1. The molecular formula is C31H39N3O8. The smallest absolute Gasteiger partial charge is 0.290 e. The van der Waals surface area contributed by atoms with E-state index < -0.39 is 18.1 Å². The van der Waals surface area contributed by atoms with Crippen LogP contribution in [0, 0.1) is 12.8 Å². The van der Waals surface area contributed by atoms with Crippen molar-refractivity contribution in [2.24, 2.45) is 13.0 Å². The highest BCUT2D eigenvalue weighted by atomic mass is 16.7. The number of aliphatic hydroxyl groups is 1. The van der Waals surface area contributed by atoms with Crippen LogP contribution in [0.5, 0.6) is 5.75 Å². The van der Waals surface area contributed by atoms with E-state index in [9.17, 15) is 14.7 Å². The number of ether oxygens (including phenoxy) is 4. The van der Waals surface area contributed by atoms with Gasteiger partial charge in [0.05, 0.1) is 37.8 Å². The van der Waals surface area contributed by atoms with Gasteiger partial charge in [-0.25, -0.2) is 4.68 Å². The molecule has 0 radical (unpaired) electrons. The Balaban J connectivity index is 1.71. The Labute approximate surface area is 244 Å². The first-order valence-electron chi connectivity index (χ1n) is 14.1. The molecule has 3 atom stereocenters. The number of hydrogen-bond donors (Lipinski definition) is 3. The molecule has 1 aliphatic rings. The number of hydrogen-bond acceptors (Lipinski definition) is 8. The van der Waals surface area contributed by atoms with Gasteiger partial charge in [-0.05, 0) is 50.6 Å². The summed E-state index contributed by atoms with van der Waals surface area (Å²) < 4.78 is 26.6. The zero-order valence-corrected chi connectivity index (χ0v) is 24.2. The van der Waals surface area contributed by atoms with Crippen molar-refractivity contribution in [3.63, 3.8) is 0 Å². The summed E-state index contributed by atoms with van der Waals surface area (Å²) in [7, 11) is 1.83. The SMILES string of the molecule is CCO[C@@H]1OC(C(=O)Nc2ccccc2O)=C[C@H](c2c(C)n(C)n(-c3ccccc3)c2=O)[C@H]1CCOCCOCCO. The number of rotatable bonds is 14. The summed E-state index contributed by atoms with van der Waals surface area (Å²) in [5.41, 5.74) is 2.02. The summed E-state index contributed by atoms with van der Waals surface area (Å²) in [5, 5.41) is 21.8. The van der Waals surface area contributed by atoms with Crippen LogP contribution in [0.2, 0.25) is 0 Å². The quantitative estimate of drug-likeness (QED) is 0.195. The molecule has 2 heterocycles. The molecule has 2 aromatic carbocycles. The second kappa shape index (κ2) is 14.8. The second-order valence-corrected chi connectivity index (χ2v) is 9.85. The lowest BCUT2D eigenvalue weighted by Gasteiger charge is -2.36. The molecule has 1 aliphatic heterocycles. The number of amides is 1. The summed E-state index contributed by atoms with van der Waals surface area (Å²) >= 11 is 0. The number of para-hydroxylation sites is 3. The van der Waals surface area contributed by atoms with Crippen LogP contribution in [-0.4, -0.2) is 71.4 Å². The maximum atomic E-state index is 14.0. The van der Waals surface area contributed by atoms with E-state index in [0.29, 0.717) is 38.4 Å². The van der Waals surface area contributed by atoms with E-state index in [4.69, 9.17) is 24.1 Å². The van der Waals surface area contributed by atoms with E-state index in [2.05, 4.69) is 5.32 Å². The summed E-state index contributed by atoms with van der Waals surface area (Å²) in [4.78, 5) is 27.4. The van der Waals surface area contributed by atoms with Crippen LogP contribution < -0.4 is 10.9 Å². The molecule has 0 saturated carbocycles. The Morgan fingerprint density at radius 1 is 1.02 bits per heavy atom. The number of nitrogens with one attached hydrogen (secondary N) is 1. The van der Waals surface area contributed by atoms with Gasteiger partial charge in [-0.1, -0.05) is 30.3 Å². The van der Waals surface area contributed by atoms with Gasteiger partial charge < -0.3 is 34.5 Å². The van der Waals surface area contributed by atoms with E-state index in [1.165, 1.54) is 6.07 Å². The monoisotopic (exact) mass is 581 g/mol. The van der Waals surface area contributed by atoms with Gasteiger partial charge in [0.1, 0.15) is 5.75 Å². The predicted octanol–water partition coefficient (Wildman–Crippen LogP) is 3.22. The molecule has 226 valence electrons. The zero-order chi connectivity index (χ0) is 30.1. The third-order valence-corrected chi connectivity index (χ3v) is 7.23. The third kappa shape index (κ3) is 7.11. The minimum Gasteiger partial charge on any atom is -0.506 e. The van der Waals surface area contributed by atoms with Gasteiger partial charge in [0.2, 0.25) is 6.29 Å². The molecule has 4 rings (SSSR count). The van der Waals surface area contributed by atoms with E-state index >= 15 is 0 Å². The van der Waals surface area contributed by atoms with E-state index in [1.54, 1.807) is 33.6 Å². The Kier molecular flexibility index (Phi) is 11.0. The highest BCUT2D eigenvalue weighted by Gasteiger charge is 2.41. The first kappa shape index (κ1) is 31.0. The normalized spacial score (nSPS) is 18.4. The summed E-state index contributed by atoms with van der Waals surface area (Å²) in [5.74, 6) is -1.56. The molecule has 11 nitrogen and oxygen atoms in total. The van der Waals surface area contributed by atoms with Crippen LogP contribution in [0.1, 0.15) is 30.5 Å². The number of anilines is 1. The number of allylic oxidation sites excluding steroid dienone is 1. The highest BCUT2D eigenvalue weighted by molar-refractivity contribution is 6.03. The highest BCUT2D eigenvalue weighted by Crippen LogP contribution is 2.39. The van der Waals surface area contributed by atoms with Crippen molar-refractivity contribution < 1.29 is 34.0 Å². The van der Waals surface area contributed by atoms with E-state index in [-0.39, 0.29) is 41.9 Å². The Morgan fingerprint density at radius 3 is 2.40 bits per heavy atom. The molecule has 3 aromatic rings. The van der Waals surface area contributed by atoms with Crippen LogP contribution in [-0.2, 0) is 30.8 Å². The standard InChI is InChI=1S/C31H39N3O8/c1-4-41-31-23(14-16-39-18-19-40-17-15-35)24(20-27(42-31)29(37)32-25-12-8-9-13-26(25)36)28-21(2)33(3)34(30(28)38)22-10-6-5-7-11-22/h5-13,20,23-24,31,35-36H,4,14-19H2,1-3H3,(H,32,37)/t23-,24+,31-/m1/s1. The maximum Gasteiger partial charge on any atom is 0.290 e. The maximum absolute atomic E-state index is 14.0. The van der Waals surface area contributed by atoms with Gasteiger partial charge in [0, 0.05) is 43.4 Å². The molecule has 0 unspecified atom stereocenters. The van der Waals surface area contributed by atoms with Crippen molar-refractivity contribution in [2.45, 2.75) is 32.5 Å². The van der Waals surface area contributed by atoms with E-state index in [1.807, 2.05) is 51.2 Å². The van der Waals surface area contributed by atoms with Gasteiger partial charge in [0.15, 0.2) is 5.76 Å². The first-order valence-corrected chi connectivity index (χ1v) is 14.1.